The maximum Gasteiger partial charge on any atom is 0.261 e. The molecule has 9 heteroatoms. The van der Waals surface area contributed by atoms with Crippen LogP contribution in [0.15, 0.2) is 54.6 Å². The molecule has 0 unspecified atom stereocenters. The van der Waals surface area contributed by atoms with Crippen molar-refractivity contribution in [3.05, 3.63) is 75.8 Å². The first-order valence-corrected chi connectivity index (χ1v) is 12.1. The number of carbonyl (C=O) groups excluding carboxylic acids is 1. The van der Waals surface area contributed by atoms with E-state index in [1.807, 2.05) is 36.4 Å². The minimum Gasteiger partial charge on any atom is -0.497 e. The van der Waals surface area contributed by atoms with Gasteiger partial charge in [0.2, 0.25) is 0 Å². The SMILES string of the molecule is COc1ccc(OC[C@H]2c3cc(OC)c(OC)cc3CCN2C(=O)COc2ccc(Cl)cc2Cl)cc1. The molecule has 0 saturated heterocycles. The minimum atomic E-state index is -0.368. The third-order valence-electron chi connectivity index (χ3n) is 6.04. The molecule has 0 aromatic heterocycles. The van der Waals surface area contributed by atoms with Crippen LogP contribution in [-0.2, 0) is 11.2 Å². The summed E-state index contributed by atoms with van der Waals surface area (Å²) in [6.07, 6.45) is 0.655. The summed E-state index contributed by atoms with van der Waals surface area (Å²) in [5.74, 6) is 2.84. The lowest BCUT2D eigenvalue weighted by atomic mass is 9.92. The summed E-state index contributed by atoms with van der Waals surface area (Å²) in [7, 11) is 4.80. The van der Waals surface area contributed by atoms with Crippen LogP contribution in [0.4, 0.5) is 0 Å². The number of amides is 1. The third kappa shape index (κ3) is 5.74. The van der Waals surface area contributed by atoms with Crippen molar-refractivity contribution in [2.24, 2.45) is 0 Å². The highest BCUT2D eigenvalue weighted by atomic mass is 35.5. The van der Waals surface area contributed by atoms with Crippen LogP contribution in [0.5, 0.6) is 28.7 Å². The van der Waals surface area contributed by atoms with Crippen LogP contribution >= 0.6 is 23.2 Å². The molecule has 3 aromatic rings. The van der Waals surface area contributed by atoms with E-state index in [0.29, 0.717) is 46.0 Å². The zero-order valence-corrected chi connectivity index (χ0v) is 21.8. The van der Waals surface area contributed by atoms with Gasteiger partial charge in [0.15, 0.2) is 18.1 Å². The number of methoxy groups -OCH3 is 3. The maximum absolute atomic E-state index is 13.3. The highest BCUT2D eigenvalue weighted by molar-refractivity contribution is 6.35. The van der Waals surface area contributed by atoms with Gasteiger partial charge in [0, 0.05) is 11.6 Å². The van der Waals surface area contributed by atoms with Gasteiger partial charge in [-0.3, -0.25) is 4.79 Å². The van der Waals surface area contributed by atoms with E-state index in [1.54, 1.807) is 44.4 Å². The molecular weight excluding hydrogens is 505 g/mol. The van der Waals surface area contributed by atoms with Crippen LogP contribution in [0.3, 0.4) is 0 Å². The molecule has 190 valence electrons. The maximum atomic E-state index is 13.3. The number of benzene rings is 3. The van der Waals surface area contributed by atoms with E-state index < -0.39 is 0 Å². The molecular formula is C27H27Cl2NO6. The second-order valence-electron chi connectivity index (χ2n) is 8.11. The van der Waals surface area contributed by atoms with Crippen molar-refractivity contribution in [3.63, 3.8) is 0 Å². The Kier molecular flexibility index (Phi) is 8.33. The number of ether oxygens (including phenoxy) is 5. The number of hydrogen-bond donors (Lipinski definition) is 0. The third-order valence-corrected chi connectivity index (χ3v) is 6.57. The Morgan fingerprint density at radius 2 is 1.56 bits per heavy atom. The summed E-state index contributed by atoms with van der Waals surface area (Å²) in [6.45, 7) is 0.556. The fourth-order valence-corrected chi connectivity index (χ4v) is 4.63. The fraction of sp³-hybridized carbons (Fsp3) is 0.296. The van der Waals surface area contributed by atoms with Gasteiger partial charge in [-0.2, -0.15) is 0 Å². The van der Waals surface area contributed by atoms with Gasteiger partial charge >= 0.3 is 0 Å². The lowest BCUT2D eigenvalue weighted by Gasteiger charge is -2.37. The molecule has 4 rings (SSSR count). The van der Waals surface area contributed by atoms with Gasteiger partial charge in [0.25, 0.3) is 5.91 Å². The summed E-state index contributed by atoms with van der Waals surface area (Å²) >= 11 is 12.2. The Morgan fingerprint density at radius 3 is 2.22 bits per heavy atom. The molecule has 3 aromatic carbocycles. The van der Waals surface area contributed by atoms with E-state index in [1.165, 1.54) is 0 Å². The van der Waals surface area contributed by atoms with Crippen LogP contribution in [0.2, 0.25) is 10.0 Å². The van der Waals surface area contributed by atoms with Crippen molar-refractivity contribution in [3.8, 4) is 28.7 Å². The van der Waals surface area contributed by atoms with Gasteiger partial charge in [-0.05, 0) is 72.1 Å². The normalized spacial score (nSPS) is 14.6. The largest absolute Gasteiger partial charge is 0.497 e. The van der Waals surface area contributed by atoms with Gasteiger partial charge in [0.1, 0.15) is 23.9 Å². The molecule has 7 nitrogen and oxygen atoms in total. The molecule has 1 atom stereocenters. The first-order valence-electron chi connectivity index (χ1n) is 11.3. The molecule has 0 radical (unpaired) electrons. The van der Waals surface area contributed by atoms with Crippen molar-refractivity contribution < 1.29 is 28.5 Å². The Morgan fingerprint density at radius 1 is 0.861 bits per heavy atom. The van der Waals surface area contributed by atoms with E-state index in [4.69, 9.17) is 46.9 Å². The van der Waals surface area contributed by atoms with E-state index in [0.717, 1.165) is 16.9 Å². The molecule has 0 N–H and O–H groups in total. The Bertz CT molecular complexity index is 1220. The van der Waals surface area contributed by atoms with Crippen LogP contribution in [0.25, 0.3) is 0 Å². The van der Waals surface area contributed by atoms with E-state index >= 15 is 0 Å². The van der Waals surface area contributed by atoms with Crippen molar-refractivity contribution in [1.82, 2.24) is 4.90 Å². The molecule has 1 amide bonds. The number of hydrogen-bond acceptors (Lipinski definition) is 6. The predicted molar refractivity (Wildman–Crippen MR) is 138 cm³/mol. The second-order valence-corrected chi connectivity index (χ2v) is 8.95. The van der Waals surface area contributed by atoms with Gasteiger partial charge in [0.05, 0.1) is 32.4 Å². The standard InChI is InChI=1S/C27H27Cl2NO6/c1-32-19-5-7-20(8-6-19)35-15-23-21-14-26(34-3)25(33-2)12-17(21)10-11-30(23)27(31)16-36-24-9-4-18(28)13-22(24)29/h4-9,12-14,23H,10-11,15-16H2,1-3H3/t23-/m0/s1. The quantitative estimate of drug-likeness (QED) is 0.358. The topological polar surface area (TPSA) is 66.5 Å². The Balaban J connectivity index is 1.58. The zero-order valence-electron chi connectivity index (χ0n) is 20.3. The zero-order chi connectivity index (χ0) is 25.7. The summed E-state index contributed by atoms with van der Waals surface area (Å²) in [4.78, 5) is 15.1. The molecule has 0 aliphatic carbocycles. The summed E-state index contributed by atoms with van der Waals surface area (Å²) < 4.78 is 28.1. The summed E-state index contributed by atoms with van der Waals surface area (Å²) in [6, 6.07) is 15.7. The van der Waals surface area contributed by atoms with Gasteiger partial charge in [-0.25, -0.2) is 0 Å². The number of rotatable bonds is 9. The van der Waals surface area contributed by atoms with Crippen molar-refractivity contribution >= 4 is 29.1 Å². The average Bonchev–Trinajstić information content (AvgIpc) is 2.90. The molecule has 1 aliphatic heterocycles. The van der Waals surface area contributed by atoms with Crippen LogP contribution in [0.1, 0.15) is 17.2 Å². The van der Waals surface area contributed by atoms with Crippen molar-refractivity contribution in [2.75, 3.05) is 41.1 Å². The molecule has 0 bridgehead atoms. The van der Waals surface area contributed by atoms with Crippen LogP contribution in [-0.4, -0.2) is 51.9 Å². The number of fused-ring (bicyclic) bond motifs is 1. The predicted octanol–water partition coefficient (Wildman–Crippen LogP) is 5.60. The lowest BCUT2D eigenvalue weighted by molar-refractivity contribution is -0.137. The van der Waals surface area contributed by atoms with E-state index in [9.17, 15) is 4.79 Å². The number of nitrogens with zero attached hydrogens (tertiary/aromatic N) is 1. The summed E-state index contributed by atoms with van der Waals surface area (Å²) in [5.41, 5.74) is 2.01. The lowest BCUT2D eigenvalue weighted by Crippen LogP contribution is -2.44. The number of carbonyl (C=O) groups is 1. The molecule has 0 saturated carbocycles. The monoisotopic (exact) mass is 531 g/mol. The number of halogens is 2. The highest BCUT2D eigenvalue weighted by Gasteiger charge is 2.33. The van der Waals surface area contributed by atoms with Crippen molar-refractivity contribution in [1.29, 1.82) is 0 Å². The van der Waals surface area contributed by atoms with Gasteiger partial charge < -0.3 is 28.6 Å². The van der Waals surface area contributed by atoms with E-state index in [2.05, 4.69) is 0 Å². The Hall–Kier alpha value is -3.29. The highest BCUT2D eigenvalue weighted by Crippen LogP contribution is 2.38. The molecule has 0 spiro atoms. The van der Waals surface area contributed by atoms with Gasteiger partial charge in [-0.1, -0.05) is 23.2 Å². The molecule has 36 heavy (non-hydrogen) atoms. The average molecular weight is 532 g/mol. The molecule has 0 fully saturated rings. The van der Waals surface area contributed by atoms with Crippen LogP contribution < -0.4 is 23.7 Å². The van der Waals surface area contributed by atoms with E-state index in [-0.39, 0.29) is 25.2 Å². The first-order chi connectivity index (χ1) is 17.4. The van der Waals surface area contributed by atoms with Crippen molar-refractivity contribution in [2.45, 2.75) is 12.5 Å². The second kappa shape index (κ2) is 11.6. The van der Waals surface area contributed by atoms with Gasteiger partial charge in [-0.15, -0.1) is 0 Å². The fourth-order valence-electron chi connectivity index (χ4n) is 4.17. The Labute approximate surface area is 220 Å². The minimum absolute atomic E-state index is 0.178. The summed E-state index contributed by atoms with van der Waals surface area (Å²) in [5, 5.41) is 0.835. The first kappa shape index (κ1) is 25.8. The van der Waals surface area contributed by atoms with Crippen LogP contribution in [0, 0.1) is 0 Å². The molecule has 1 aliphatic rings. The molecule has 1 heterocycles. The smallest absolute Gasteiger partial charge is 0.261 e.